The van der Waals surface area contributed by atoms with Crippen molar-refractivity contribution in [3.63, 3.8) is 0 Å². The monoisotopic (exact) mass is 319 g/mol. The fraction of sp³-hybridized carbons (Fsp3) is 0.133. The Bertz CT molecular complexity index is 658. The molecule has 0 unspecified atom stereocenters. The van der Waals surface area contributed by atoms with Gasteiger partial charge in [0.15, 0.2) is 5.11 Å². The maximum absolute atomic E-state index is 11.9. The van der Waals surface area contributed by atoms with Crippen molar-refractivity contribution in [3.8, 4) is 0 Å². The Balaban J connectivity index is 1.89. The summed E-state index contributed by atoms with van der Waals surface area (Å²) in [5.41, 5.74) is 2.72. The molecule has 108 valence electrons. The van der Waals surface area contributed by atoms with Crippen molar-refractivity contribution in [2.75, 3.05) is 5.32 Å². The fourth-order valence-corrected chi connectivity index (χ4v) is 2.11. The first-order valence-corrected chi connectivity index (χ1v) is 7.10. The summed E-state index contributed by atoms with van der Waals surface area (Å²) in [6, 6.07) is 11.1. The molecule has 0 saturated carbocycles. The van der Waals surface area contributed by atoms with Gasteiger partial charge in [-0.2, -0.15) is 0 Å². The van der Waals surface area contributed by atoms with Gasteiger partial charge in [0, 0.05) is 0 Å². The minimum absolute atomic E-state index is 0.163. The Morgan fingerprint density at radius 3 is 2.71 bits per heavy atom. The van der Waals surface area contributed by atoms with Crippen molar-refractivity contribution in [2.24, 2.45) is 0 Å². The van der Waals surface area contributed by atoms with Crippen molar-refractivity contribution in [1.82, 2.24) is 10.3 Å². The number of halogens is 1. The Morgan fingerprint density at radius 1 is 1.29 bits per heavy atom. The van der Waals surface area contributed by atoms with Crippen molar-refractivity contribution in [2.45, 2.75) is 13.3 Å². The number of thiocarbonyl (C=S) groups is 1. The second kappa shape index (κ2) is 7.15. The first kappa shape index (κ1) is 15.4. The van der Waals surface area contributed by atoms with Crippen LogP contribution in [0.1, 0.15) is 11.1 Å². The molecule has 0 fully saturated rings. The summed E-state index contributed by atoms with van der Waals surface area (Å²) >= 11 is 10.8. The van der Waals surface area contributed by atoms with E-state index in [0.717, 1.165) is 11.1 Å². The van der Waals surface area contributed by atoms with Gasteiger partial charge < -0.3 is 10.6 Å². The highest BCUT2D eigenvalue weighted by atomic mass is 35.5. The molecule has 0 spiro atoms. The van der Waals surface area contributed by atoms with Crippen LogP contribution in [0.25, 0.3) is 0 Å². The van der Waals surface area contributed by atoms with Gasteiger partial charge in [-0.15, -0.1) is 0 Å². The number of amides is 1. The van der Waals surface area contributed by atoms with Gasteiger partial charge >= 0.3 is 0 Å². The second-order valence-electron chi connectivity index (χ2n) is 4.48. The van der Waals surface area contributed by atoms with E-state index in [2.05, 4.69) is 15.6 Å². The number of carbonyl (C=O) groups is 1. The number of hydrogen-bond acceptors (Lipinski definition) is 3. The van der Waals surface area contributed by atoms with E-state index in [4.69, 9.17) is 23.8 Å². The summed E-state index contributed by atoms with van der Waals surface area (Å²) in [7, 11) is 0. The number of nitrogens with zero attached hydrogens (tertiary/aromatic N) is 1. The van der Waals surface area contributed by atoms with E-state index in [-0.39, 0.29) is 17.4 Å². The Labute approximate surface area is 133 Å². The molecule has 0 aliphatic carbocycles. The molecule has 0 saturated heterocycles. The van der Waals surface area contributed by atoms with Crippen molar-refractivity contribution in [1.29, 1.82) is 0 Å². The SMILES string of the molecule is Cc1ccccc1CC(=O)NC(=S)Nc1ccc(Cl)nc1. The summed E-state index contributed by atoms with van der Waals surface area (Å²) in [4.78, 5) is 15.9. The lowest BCUT2D eigenvalue weighted by Crippen LogP contribution is -2.35. The highest BCUT2D eigenvalue weighted by Crippen LogP contribution is 2.10. The first-order chi connectivity index (χ1) is 10.0. The van der Waals surface area contributed by atoms with E-state index >= 15 is 0 Å². The number of hydrogen-bond donors (Lipinski definition) is 2. The second-order valence-corrected chi connectivity index (χ2v) is 5.27. The Morgan fingerprint density at radius 2 is 2.05 bits per heavy atom. The van der Waals surface area contributed by atoms with Crippen LogP contribution in [0.5, 0.6) is 0 Å². The highest BCUT2D eigenvalue weighted by Gasteiger charge is 2.07. The third-order valence-electron chi connectivity index (χ3n) is 2.85. The summed E-state index contributed by atoms with van der Waals surface area (Å²) in [5, 5.41) is 6.15. The quantitative estimate of drug-likeness (QED) is 0.674. The number of aromatic nitrogens is 1. The molecular weight excluding hydrogens is 306 g/mol. The van der Waals surface area contributed by atoms with Gasteiger partial charge in [-0.3, -0.25) is 4.79 Å². The van der Waals surface area contributed by atoms with Gasteiger partial charge in [0.05, 0.1) is 18.3 Å². The third-order valence-corrected chi connectivity index (χ3v) is 3.28. The molecule has 0 radical (unpaired) electrons. The molecule has 0 aliphatic rings. The molecule has 1 aromatic heterocycles. The maximum Gasteiger partial charge on any atom is 0.230 e. The average molecular weight is 320 g/mol. The zero-order valence-electron chi connectivity index (χ0n) is 11.4. The number of anilines is 1. The molecule has 1 heterocycles. The molecule has 1 aromatic carbocycles. The van der Waals surface area contributed by atoms with E-state index < -0.39 is 0 Å². The number of aryl methyl sites for hydroxylation is 1. The van der Waals surface area contributed by atoms with Crippen LogP contribution in [0, 0.1) is 6.92 Å². The molecule has 0 bridgehead atoms. The van der Waals surface area contributed by atoms with Crippen LogP contribution in [-0.2, 0) is 11.2 Å². The maximum atomic E-state index is 11.9. The summed E-state index contributed by atoms with van der Waals surface area (Å²) in [6.45, 7) is 1.97. The van der Waals surface area contributed by atoms with Gasteiger partial charge in [0.1, 0.15) is 5.15 Å². The molecule has 2 aromatic rings. The number of pyridine rings is 1. The molecule has 4 nitrogen and oxygen atoms in total. The standard InChI is InChI=1S/C15H14ClN3OS/c1-10-4-2-3-5-11(10)8-14(20)19-15(21)18-12-6-7-13(16)17-9-12/h2-7,9H,8H2,1H3,(H2,18,19,20,21). The zero-order chi connectivity index (χ0) is 15.2. The summed E-state index contributed by atoms with van der Waals surface area (Å²) in [5.74, 6) is -0.163. The van der Waals surface area contributed by atoms with Crippen molar-refractivity contribution in [3.05, 3.63) is 58.9 Å². The largest absolute Gasteiger partial charge is 0.331 e. The third kappa shape index (κ3) is 4.81. The smallest absolute Gasteiger partial charge is 0.230 e. The van der Waals surface area contributed by atoms with Crippen LogP contribution in [0.2, 0.25) is 5.15 Å². The summed E-state index contributed by atoms with van der Waals surface area (Å²) < 4.78 is 0. The van der Waals surface area contributed by atoms with E-state index in [1.54, 1.807) is 18.3 Å². The average Bonchev–Trinajstić information content (AvgIpc) is 2.44. The molecule has 0 atom stereocenters. The summed E-state index contributed by atoms with van der Waals surface area (Å²) in [6.07, 6.45) is 1.83. The van der Waals surface area contributed by atoms with Crippen LogP contribution in [0.4, 0.5) is 5.69 Å². The van der Waals surface area contributed by atoms with Crippen molar-refractivity contribution < 1.29 is 4.79 Å². The van der Waals surface area contributed by atoms with Crippen LogP contribution >= 0.6 is 23.8 Å². The lowest BCUT2D eigenvalue weighted by Gasteiger charge is -2.10. The number of benzene rings is 1. The molecule has 1 amide bonds. The molecule has 6 heteroatoms. The van der Waals surface area contributed by atoms with E-state index in [1.807, 2.05) is 31.2 Å². The topological polar surface area (TPSA) is 54.0 Å². The predicted molar refractivity (Wildman–Crippen MR) is 88.5 cm³/mol. The van der Waals surface area contributed by atoms with Gasteiger partial charge in [-0.1, -0.05) is 35.9 Å². The lowest BCUT2D eigenvalue weighted by atomic mass is 10.1. The van der Waals surface area contributed by atoms with Gasteiger partial charge in [-0.25, -0.2) is 4.98 Å². The number of carbonyl (C=O) groups excluding carboxylic acids is 1. The Hall–Kier alpha value is -1.98. The zero-order valence-corrected chi connectivity index (χ0v) is 13.0. The van der Waals surface area contributed by atoms with Gasteiger partial charge in [0.2, 0.25) is 5.91 Å². The number of nitrogens with one attached hydrogen (secondary N) is 2. The first-order valence-electron chi connectivity index (χ1n) is 6.31. The molecule has 2 N–H and O–H groups in total. The molecular formula is C15H14ClN3OS. The molecule has 2 rings (SSSR count). The Kier molecular flexibility index (Phi) is 5.25. The minimum Gasteiger partial charge on any atom is -0.331 e. The van der Waals surface area contributed by atoms with Gasteiger partial charge in [0.25, 0.3) is 0 Å². The van der Waals surface area contributed by atoms with E-state index in [1.165, 1.54) is 0 Å². The normalized spacial score (nSPS) is 10.0. The molecule has 21 heavy (non-hydrogen) atoms. The predicted octanol–water partition coefficient (Wildman–Crippen LogP) is 3.10. The van der Waals surface area contributed by atoms with E-state index in [9.17, 15) is 4.79 Å². The van der Waals surface area contributed by atoms with Crippen LogP contribution in [-0.4, -0.2) is 16.0 Å². The lowest BCUT2D eigenvalue weighted by molar-refractivity contribution is -0.119. The fourth-order valence-electron chi connectivity index (χ4n) is 1.76. The highest BCUT2D eigenvalue weighted by molar-refractivity contribution is 7.80. The van der Waals surface area contributed by atoms with Crippen LogP contribution in [0.3, 0.4) is 0 Å². The van der Waals surface area contributed by atoms with Crippen LogP contribution in [0.15, 0.2) is 42.6 Å². The van der Waals surface area contributed by atoms with E-state index in [0.29, 0.717) is 10.8 Å². The minimum atomic E-state index is -0.163. The van der Waals surface area contributed by atoms with Gasteiger partial charge in [-0.05, 0) is 42.4 Å². The molecule has 0 aliphatic heterocycles. The number of rotatable bonds is 3. The van der Waals surface area contributed by atoms with Crippen molar-refractivity contribution >= 4 is 40.5 Å². The van der Waals surface area contributed by atoms with Crippen LogP contribution < -0.4 is 10.6 Å².